The molecule has 0 saturated heterocycles. The van der Waals surface area contributed by atoms with Gasteiger partial charge in [0.1, 0.15) is 0 Å². The molecule has 0 radical (unpaired) electrons. The normalized spacial score (nSPS) is 14.8. The van der Waals surface area contributed by atoms with Gasteiger partial charge in [-0.25, -0.2) is 0 Å². The molecule has 1 N–H and O–H groups in total. The molecule has 3 heteroatoms. The molecule has 1 heterocycles. The van der Waals surface area contributed by atoms with Crippen LogP contribution in [0.1, 0.15) is 58.6 Å². The zero-order valence-electron chi connectivity index (χ0n) is 11.7. The molecule has 0 fully saturated rings. The Morgan fingerprint density at radius 3 is 2.65 bits per heavy atom. The molecule has 17 heavy (non-hydrogen) atoms. The third-order valence-corrected chi connectivity index (χ3v) is 3.20. The standard InChI is InChI=1S/C14H27N3/c1-5-8-12(4)14(15-7-3)13-10-16-17(11-13)9-6-2/h10-12,14-15H,5-9H2,1-4H3. The van der Waals surface area contributed by atoms with Crippen LogP contribution in [0.3, 0.4) is 0 Å². The molecule has 98 valence electrons. The first kappa shape index (κ1) is 14.2. The third-order valence-electron chi connectivity index (χ3n) is 3.20. The van der Waals surface area contributed by atoms with E-state index in [1.165, 1.54) is 18.4 Å². The second-order valence-electron chi connectivity index (χ2n) is 4.84. The van der Waals surface area contributed by atoms with E-state index >= 15 is 0 Å². The van der Waals surface area contributed by atoms with E-state index in [9.17, 15) is 0 Å². The molecule has 0 aliphatic carbocycles. The lowest BCUT2D eigenvalue weighted by Gasteiger charge is -2.23. The molecule has 1 rings (SSSR count). The van der Waals surface area contributed by atoms with Gasteiger partial charge in [0.05, 0.1) is 6.20 Å². The fourth-order valence-electron chi connectivity index (χ4n) is 2.38. The van der Waals surface area contributed by atoms with Gasteiger partial charge in [-0.3, -0.25) is 4.68 Å². The van der Waals surface area contributed by atoms with Gasteiger partial charge >= 0.3 is 0 Å². The van der Waals surface area contributed by atoms with Gasteiger partial charge in [-0.15, -0.1) is 0 Å². The molecule has 0 aromatic carbocycles. The Bertz CT molecular complexity index is 306. The third kappa shape index (κ3) is 4.15. The molecule has 1 aromatic rings. The Balaban J connectivity index is 2.73. The van der Waals surface area contributed by atoms with Crippen molar-refractivity contribution < 1.29 is 0 Å². The Labute approximate surface area is 106 Å². The second-order valence-corrected chi connectivity index (χ2v) is 4.84. The van der Waals surface area contributed by atoms with Gasteiger partial charge in [0, 0.05) is 24.3 Å². The van der Waals surface area contributed by atoms with Crippen LogP contribution >= 0.6 is 0 Å². The van der Waals surface area contributed by atoms with E-state index in [1.807, 2.05) is 6.20 Å². The Morgan fingerprint density at radius 1 is 1.29 bits per heavy atom. The Hall–Kier alpha value is -0.830. The van der Waals surface area contributed by atoms with E-state index in [0.29, 0.717) is 12.0 Å². The van der Waals surface area contributed by atoms with Gasteiger partial charge in [0.25, 0.3) is 0 Å². The van der Waals surface area contributed by atoms with Gasteiger partial charge in [0.15, 0.2) is 0 Å². The van der Waals surface area contributed by atoms with Gasteiger partial charge in [-0.1, -0.05) is 34.1 Å². The quantitative estimate of drug-likeness (QED) is 0.751. The maximum atomic E-state index is 4.43. The maximum absolute atomic E-state index is 4.43. The molecule has 0 spiro atoms. The fourth-order valence-corrected chi connectivity index (χ4v) is 2.38. The van der Waals surface area contributed by atoms with Crippen molar-refractivity contribution in [1.82, 2.24) is 15.1 Å². The predicted octanol–water partition coefficient (Wildman–Crippen LogP) is 3.38. The van der Waals surface area contributed by atoms with Crippen molar-refractivity contribution in [2.75, 3.05) is 6.54 Å². The summed E-state index contributed by atoms with van der Waals surface area (Å²) in [5, 5.41) is 8.01. The minimum atomic E-state index is 0.450. The van der Waals surface area contributed by atoms with Gasteiger partial charge in [-0.05, 0) is 25.3 Å². The first-order valence-electron chi connectivity index (χ1n) is 6.98. The summed E-state index contributed by atoms with van der Waals surface area (Å²) in [6, 6.07) is 0.450. The lowest BCUT2D eigenvalue weighted by atomic mass is 9.93. The first-order valence-corrected chi connectivity index (χ1v) is 6.98. The van der Waals surface area contributed by atoms with Crippen molar-refractivity contribution >= 4 is 0 Å². The highest BCUT2D eigenvalue weighted by atomic mass is 15.3. The lowest BCUT2D eigenvalue weighted by molar-refractivity contribution is 0.369. The van der Waals surface area contributed by atoms with Crippen LogP contribution in [-0.4, -0.2) is 16.3 Å². The number of hydrogen-bond donors (Lipinski definition) is 1. The first-order chi connectivity index (χ1) is 8.22. The van der Waals surface area contributed by atoms with Gasteiger partial charge < -0.3 is 5.32 Å². The van der Waals surface area contributed by atoms with Crippen molar-refractivity contribution in [1.29, 1.82) is 0 Å². The van der Waals surface area contributed by atoms with E-state index in [2.05, 4.69) is 49.0 Å². The average molecular weight is 237 g/mol. The highest BCUT2D eigenvalue weighted by molar-refractivity contribution is 5.11. The van der Waals surface area contributed by atoms with Crippen LogP contribution in [0.25, 0.3) is 0 Å². The number of rotatable bonds is 8. The van der Waals surface area contributed by atoms with E-state index in [-0.39, 0.29) is 0 Å². The molecule has 0 saturated carbocycles. The summed E-state index contributed by atoms with van der Waals surface area (Å²) in [5.74, 6) is 0.666. The summed E-state index contributed by atoms with van der Waals surface area (Å²) in [5.41, 5.74) is 1.33. The summed E-state index contributed by atoms with van der Waals surface area (Å²) in [6.07, 6.45) is 7.86. The van der Waals surface area contributed by atoms with Crippen LogP contribution in [0.5, 0.6) is 0 Å². The lowest BCUT2D eigenvalue weighted by Crippen LogP contribution is -2.26. The van der Waals surface area contributed by atoms with Crippen LogP contribution < -0.4 is 5.32 Å². The van der Waals surface area contributed by atoms with Gasteiger partial charge in [0.2, 0.25) is 0 Å². The van der Waals surface area contributed by atoms with E-state index in [1.54, 1.807) is 0 Å². The van der Waals surface area contributed by atoms with Crippen molar-refractivity contribution in [2.24, 2.45) is 5.92 Å². The smallest absolute Gasteiger partial charge is 0.0537 e. The molecule has 1 aromatic heterocycles. The fraction of sp³-hybridized carbons (Fsp3) is 0.786. The topological polar surface area (TPSA) is 29.9 Å². The summed E-state index contributed by atoms with van der Waals surface area (Å²) < 4.78 is 2.05. The highest BCUT2D eigenvalue weighted by Crippen LogP contribution is 2.25. The van der Waals surface area contributed by atoms with Crippen LogP contribution in [0, 0.1) is 5.92 Å². The van der Waals surface area contributed by atoms with Crippen LogP contribution in [0.4, 0.5) is 0 Å². The molecule has 0 amide bonds. The zero-order valence-corrected chi connectivity index (χ0v) is 11.7. The van der Waals surface area contributed by atoms with Crippen LogP contribution in [0.15, 0.2) is 12.4 Å². The maximum Gasteiger partial charge on any atom is 0.0537 e. The Morgan fingerprint density at radius 2 is 2.06 bits per heavy atom. The summed E-state index contributed by atoms with van der Waals surface area (Å²) in [6.45, 7) is 11.0. The SMILES string of the molecule is CCCC(C)C(NCC)c1cnn(CCC)c1. The van der Waals surface area contributed by atoms with E-state index in [4.69, 9.17) is 0 Å². The molecule has 2 unspecified atom stereocenters. The molecule has 0 aliphatic heterocycles. The summed E-state index contributed by atoms with van der Waals surface area (Å²) in [7, 11) is 0. The predicted molar refractivity (Wildman–Crippen MR) is 73.0 cm³/mol. The second kappa shape index (κ2) is 7.49. The molecule has 0 aliphatic rings. The van der Waals surface area contributed by atoms with Crippen LogP contribution in [0.2, 0.25) is 0 Å². The zero-order chi connectivity index (χ0) is 12.7. The number of nitrogens with one attached hydrogen (secondary N) is 1. The number of aryl methyl sites for hydroxylation is 1. The number of hydrogen-bond acceptors (Lipinski definition) is 2. The largest absolute Gasteiger partial charge is 0.310 e. The van der Waals surface area contributed by atoms with E-state index < -0.39 is 0 Å². The minimum Gasteiger partial charge on any atom is -0.310 e. The summed E-state index contributed by atoms with van der Waals surface area (Å²) >= 11 is 0. The number of aromatic nitrogens is 2. The average Bonchev–Trinajstić information content (AvgIpc) is 2.75. The monoisotopic (exact) mass is 237 g/mol. The van der Waals surface area contributed by atoms with Gasteiger partial charge in [-0.2, -0.15) is 5.10 Å². The minimum absolute atomic E-state index is 0.450. The van der Waals surface area contributed by atoms with E-state index in [0.717, 1.165) is 19.5 Å². The Kier molecular flexibility index (Phi) is 6.27. The molecule has 3 nitrogen and oxygen atoms in total. The summed E-state index contributed by atoms with van der Waals surface area (Å²) in [4.78, 5) is 0. The van der Waals surface area contributed by atoms with Crippen molar-refractivity contribution in [2.45, 2.75) is 59.5 Å². The molecule has 2 atom stereocenters. The molecular weight excluding hydrogens is 210 g/mol. The van der Waals surface area contributed by atoms with Crippen molar-refractivity contribution in [3.8, 4) is 0 Å². The highest BCUT2D eigenvalue weighted by Gasteiger charge is 2.18. The van der Waals surface area contributed by atoms with Crippen molar-refractivity contribution in [3.63, 3.8) is 0 Å². The number of nitrogens with zero attached hydrogens (tertiary/aromatic N) is 2. The van der Waals surface area contributed by atoms with Crippen molar-refractivity contribution in [3.05, 3.63) is 18.0 Å². The van der Waals surface area contributed by atoms with Crippen LogP contribution in [-0.2, 0) is 6.54 Å². The molecular formula is C14H27N3. The molecule has 0 bridgehead atoms.